The molecule has 0 radical (unpaired) electrons. The molecular formula is C18H32N4O2S. The summed E-state index contributed by atoms with van der Waals surface area (Å²) >= 11 is 0. The molecule has 0 saturated carbocycles. The van der Waals surface area contributed by atoms with Crippen LogP contribution in [0.2, 0.25) is 0 Å². The van der Waals surface area contributed by atoms with Gasteiger partial charge in [0.25, 0.3) is 0 Å². The van der Waals surface area contributed by atoms with Crippen molar-refractivity contribution in [2.45, 2.75) is 51.0 Å². The van der Waals surface area contributed by atoms with E-state index in [2.05, 4.69) is 22.5 Å². The van der Waals surface area contributed by atoms with Gasteiger partial charge in [-0.05, 0) is 25.0 Å². The van der Waals surface area contributed by atoms with Crippen molar-refractivity contribution in [3.63, 3.8) is 0 Å². The van der Waals surface area contributed by atoms with Gasteiger partial charge in [0.05, 0.1) is 11.4 Å². The molecule has 0 fully saturated rings. The Labute approximate surface area is 152 Å². The fraction of sp³-hybridized carbons (Fsp3) is 0.611. The normalized spacial score (nSPS) is 12.4. The Hall–Kier alpha value is -1.60. The van der Waals surface area contributed by atoms with Crippen LogP contribution in [-0.4, -0.2) is 45.9 Å². The van der Waals surface area contributed by atoms with E-state index in [1.54, 1.807) is 12.1 Å². The highest BCUT2D eigenvalue weighted by atomic mass is 32.2. The monoisotopic (exact) mass is 368 g/mol. The largest absolute Gasteiger partial charge is 0.357 e. The molecule has 1 rings (SSSR count). The van der Waals surface area contributed by atoms with Crippen molar-refractivity contribution in [2.75, 3.05) is 27.2 Å². The van der Waals surface area contributed by atoms with Crippen molar-refractivity contribution in [1.82, 2.24) is 14.9 Å². The highest BCUT2D eigenvalue weighted by Crippen LogP contribution is 2.19. The predicted molar refractivity (Wildman–Crippen MR) is 104 cm³/mol. The summed E-state index contributed by atoms with van der Waals surface area (Å²) in [5.41, 5.74) is 0.694. The molecule has 25 heavy (non-hydrogen) atoms. The van der Waals surface area contributed by atoms with Gasteiger partial charge >= 0.3 is 0 Å². The maximum absolute atomic E-state index is 12.4. The van der Waals surface area contributed by atoms with E-state index >= 15 is 0 Å². The smallest absolute Gasteiger partial charge is 0.242 e. The summed E-state index contributed by atoms with van der Waals surface area (Å²) in [4.78, 5) is 4.85. The molecule has 7 heteroatoms. The quantitative estimate of drug-likeness (QED) is 0.378. The summed E-state index contributed by atoms with van der Waals surface area (Å²) in [5, 5.41) is 6.51. The van der Waals surface area contributed by atoms with Gasteiger partial charge in [0.2, 0.25) is 10.0 Å². The SMILES string of the molecule is CCCCCCNC(=NCc1ccccc1S(=O)(=O)N(C)C)NCC. The van der Waals surface area contributed by atoms with E-state index < -0.39 is 10.0 Å². The van der Waals surface area contributed by atoms with E-state index in [0.717, 1.165) is 25.5 Å². The lowest BCUT2D eigenvalue weighted by atomic mass is 10.2. The van der Waals surface area contributed by atoms with Gasteiger partial charge in [-0.2, -0.15) is 0 Å². The first-order valence-electron chi connectivity index (χ1n) is 8.96. The number of nitrogens with one attached hydrogen (secondary N) is 2. The molecule has 0 aliphatic rings. The molecule has 0 aliphatic heterocycles. The average Bonchev–Trinajstić information content (AvgIpc) is 2.59. The first kappa shape index (κ1) is 21.4. The zero-order valence-electron chi connectivity index (χ0n) is 15.9. The van der Waals surface area contributed by atoms with E-state index in [1.165, 1.54) is 37.7 Å². The van der Waals surface area contributed by atoms with E-state index in [1.807, 2.05) is 19.1 Å². The maximum atomic E-state index is 12.4. The van der Waals surface area contributed by atoms with Crippen LogP contribution in [0, 0.1) is 0 Å². The molecule has 6 nitrogen and oxygen atoms in total. The minimum atomic E-state index is -3.47. The zero-order chi connectivity index (χ0) is 18.7. The number of rotatable bonds is 10. The third-order valence-corrected chi connectivity index (χ3v) is 5.72. The Bertz CT molecular complexity index is 642. The second-order valence-electron chi connectivity index (χ2n) is 6.08. The Kier molecular flexibility index (Phi) is 9.52. The molecule has 0 heterocycles. The molecule has 0 spiro atoms. The van der Waals surface area contributed by atoms with Crippen molar-refractivity contribution in [3.05, 3.63) is 29.8 Å². The first-order chi connectivity index (χ1) is 11.9. The van der Waals surface area contributed by atoms with Gasteiger partial charge in [0.15, 0.2) is 5.96 Å². The van der Waals surface area contributed by atoms with Crippen LogP contribution < -0.4 is 10.6 Å². The van der Waals surface area contributed by atoms with Gasteiger partial charge in [0.1, 0.15) is 0 Å². The molecule has 0 aliphatic carbocycles. The van der Waals surface area contributed by atoms with E-state index in [9.17, 15) is 8.42 Å². The molecule has 0 saturated heterocycles. The summed E-state index contributed by atoms with van der Waals surface area (Å²) in [6.45, 7) is 6.15. The number of benzene rings is 1. The summed E-state index contributed by atoms with van der Waals surface area (Å²) in [7, 11) is -0.394. The van der Waals surface area contributed by atoms with Gasteiger partial charge in [-0.1, -0.05) is 44.4 Å². The Morgan fingerprint density at radius 3 is 2.44 bits per heavy atom. The number of nitrogens with zero attached hydrogens (tertiary/aromatic N) is 2. The first-order valence-corrected chi connectivity index (χ1v) is 10.4. The van der Waals surface area contributed by atoms with Gasteiger partial charge < -0.3 is 10.6 Å². The van der Waals surface area contributed by atoms with Gasteiger partial charge in [-0.15, -0.1) is 0 Å². The molecule has 2 N–H and O–H groups in total. The lowest BCUT2D eigenvalue weighted by molar-refractivity contribution is 0.519. The maximum Gasteiger partial charge on any atom is 0.242 e. The van der Waals surface area contributed by atoms with E-state index in [0.29, 0.717) is 17.0 Å². The highest BCUT2D eigenvalue weighted by molar-refractivity contribution is 7.89. The molecule has 0 aromatic heterocycles. The average molecular weight is 369 g/mol. The number of aliphatic imine (C=N–C) groups is 1. The molecule has 1 aromatic carbocycles. The molecule has 0 atom stereocenters. The van der Waals surface area contributed by atoms with Crippen LogP contribution in [0.3, 0.4) is 0 Å². The lowest BCUT2D eigenvalue weighted by Gasteiger charge is -2.15. The fourth-order valence-electron chi connectivity index (χ4n) is 2.35. The topological polar surface area (TPSA) is 73.8 Å². The van der Waals surface area contributed by atoms with Gasteiger partial charge in [-0.25, -0.2) is 17.7 Å². The van der Waals surface area contributed by atoms with Crippen molar-refractivity contribution in [2.24, 2.45) is 4.99 Å². The summed E-state index contributed by atoms with van der Waals surface area (Å²) in [5.74, 6) is 0.719. The van der Waals surface area contributed by atoms with Gasteiger partial charge in [0, 0.05) is 27.2 Å². The van der Waals surface area contributed by atoms with Crippen molar-refractivity contribution < 1.29 is 8.42 Å². The zero-order valence-corrected chi connectivity index (χ0v) is 16.7. The lowest BCUT2D eigenvalue weighted by Crippen LogP contribution is -2.37. The Morgan fingerprint density at radius 1 is 1.08 bits per heavy atom. The summed E-state index contributed by atoms with van der Waals surface area (Å²) in [6.07, 6.45) is 4.76. The van der Waals surface area contributed by atoms with Crippen molar-refractivity contribution >= 4 is 16.0 Å². The molecular weight excluding hydrogens is 336 g/mol. The Balaban J connectivity index is 2.83. The number of hydrogen-bond donors (Lipinski definition) is 2. The second kappa shape index (κ2) is 11.1. The summed E-state index contributed by atoms with van der Waals surface area (Å²) < 4.78 is 26.1. The van der Waals surface area contributed by atoms with Crippen molar-refractivity contribution in [3.8, 4) is 0 Å². The van der Waals surface area contributed by atoms with Crippen LogP contribution in [0.4, 0.5) is 0 Å². The van der Waals surface area contributed by atoms with Crippen molar-refractivity contribution in [1.29, 1.82) is 0 Å². The molecule has 1 aromatic rings. The minimum absolute atomic E-state index is 0.308. The van der Waals surface area contributed by atoms with Crippen LogP contribution in [0.5, 0.6) is 0 Å². The van der Waals surface area contributed by atoms with Crippen LogP contribution in [-0.2, 0) is 16.6 Å². The number of sulfonamides is 1. The molecule has 0 amide bonds. The van der Waals surface area contributed by atoms with Crippen LogP contribution in [0.1, 0.15) is 45.1 Å². The number of hydrogen-bond acceptors (Lipinski definition) is 3. The Morgan fingerprint density at radius 2 is 1.80 bits per heavy atom. The van der Waals surface area contributed by atoms with Gasteiger partial charge in [-0.3, -0.25) is 0 Å². The standard InChI is InChI=1S/C18H32N4O2S/c1-5-7-8-11-14-20-18(19-6-2)21-15-16-12-9-10-13-17(16)25(23,24)22(3)4/h9-10,12-13H,5-8,11,14-15H2,1-4H3,(H2,19,20,21). The molecule has 0 unspecified atom stereocenters. The molecule has 142 valence electrons. The van der Waals surface area contributed by atoms with Crippen LogP contribution in [0.15, 0.2) is 34.2 Å². The summed E-state index contributed by atoms with van der Waals surface area (Å²) in [6, 6.07) is 7.02. The fourth-order valence-corrected chi connectivity index (χ4v) is 3.46. The highest BCUT2D eigenvalue weighted by Gasteiger charge is 2.20. The van der Waals surface area contributed by atoms with Crippen LogP contribution >= 0.6 is 0 Å². The third kappa shape index (κ3) is 7.04. The second-order valence-corrected chi connectivity index (χ2v) is 8.20. The van der Waals surface area contributed by atoms with E-state index in [4.69, 9.17) is 0 Å². The third-order valence-electron chi connectivity index (χ3n) is 3.81. The number of guanidine groups is 1. The predicted octanol–water partition coefficient (Wildman–Crippen LogP) is 2.57. The molecule has 0 bridgehead atoms. The minimum Gasteiger partial charge on any atom is -0.357 e. The van der Waals surface area contributed by atoms with Crippen LogP contribution in [0.25, 0.3) is 0 Å². The number of unbranched alkanes of at least 4 members (excludes halogenated alkanes) is 3. The van der Waals surface area contributed by atoms with E-state index in [-0.39, 0.29) is 0 Å².